The number of nitrogens with zero attached hydrogens (tertiary/aromatic N) is 1. The maximum atomic E-state index is 12.2. The van der Waals surface area contributed by atoms with Crippen molar-refractivity contribution in [1.82, 2.24) is 10.7 Å². The number of benzene rings is 3. The average Bonchev–Trinajstić information content (AvgIpc) is 2.91. The first-order chi connectivity index (χ1) is 17.5. The van der Waals surface area contributed by atoms with Crippen LogP contribution < -0.4 is 20.2 Å². The van der Waals surface area contributed by atoms with E-state index < -0.39 is 11.9 Å². The number of esters is 1. The third-order valence-corrected chi connectivity index (χ3v) is 4.71. The van der Waals surface area contributed by atoms with E-state index >= 15 is 0 Å². The summed E-state index contributed by atoms with van der Waals surface area (Å²) in [5.74, 6) is -0.272. The molecule has 0 bridgehead atoms. The van der Waals surface area contributed by atoms with Gasteiger partial charge in [0.15, 0.2) is 0 Å². The Morgan fingerprint density at radius 3 is 2.25 bits per heavy atom. The molecule has 36 heavy (non-hydrogen) atoms. The van der Waals surface area contributed by atoms with E-state index in [1.165, 1.54) is 12.3 Å². The van der Waals surface area contributed by atoms with Crippen molar-refractivity contribution in [2.75, 3.05) is 13.2 Å². The van der Waals surface area contributed by atoms with Crippen LogP contribution in [0.4, 0.5) is 0 Å². The van der Waals surface area contributed by atoms with E-state index in [1.54, 1.807) is 54.6 Å². The van der Waals surface area contributed by atoms with Crippen molar-refractivity contribution in [3.8, 4) is 11.5 Å². The molecule has 3 aromatic carbocycles. The highest BCUT2D eigenvalue weighted by molar-refractivity contribution is 5.96. The largest absolute Gasteiger partial charge is 0.494 e. The van der Waals surface area contributed by atoms with E-state index in [9.17, 15) is 14.4 Å². The lowest BCUT2D eigenvalue weighted by molar-refractivity contribution is -0.129. The number of hydrazone groups is 1. The Hall–Kier alpha value is -4.72. The third-order valence-electron chi connectivity index (χ3n) is 4.71. The second-order valence-electron chi connectivity index (χ2n) is 7.58. The second kappa shape index (κ2) is 13.9. The van der Waals surface area contributed by atoms with Crippen molar-refractivity contribution in [1.29, 1.82) is 0 Å². The molecule has 0 aliphatic heterocycles. The zero-order valence-corrected chi connectivity index (χ0v) is 19.8. The standard InChI is InChI=1S/C28H27N3O5/c1-2-18-35-24-15-11-23(12-16-24)28(34)29-20-26(32)31-30-19-22-8-13-25(14-9-22)36-27(33)17-10-21-6-4-3-5-7-21/h3-17,19H,2,18,20H2,1H3,(H,29,34)(H,31,32)/b17-10+,30-19-. The third kappa shape index (κ3) is 8.90. The molecule has 0 unspecified atom stereocenters. The van der Waals surface area contributed by atoms with Crippen LogP contribution in [0.3, 0.4) is 0 Å². The molecule has 0 aliphatic carbocycles. The minimum absolute atomic E-state index is 0.227. The van der Waals surface area contributed by atoms with Gasteiger partial charge < -0.3 is 14.8 Å². The molecule has 8 nitrogen and oxygen atoms in total. The maximum Gasteiger partial charge on any atom is 0.336 e. The molecule has 2 amide bonds. The quantitative estimate of drug-likeness (QED) is 0.141. The fourth-order valence-corrected chi connectivity index (χ4v) is 2.90. The van der Waals surface area contributed by atoms with Crippen LogP contribution in [0.15, 0.2) is 90.0 Å². The van der Waals surface area contributed by atoms with Crippen LogP contribution in [-0.4, -0.2) is 37.1 Å². The lowest BCUT2D eigenvalue weighted by Gasteiger charge is -2.07. The van der Waals surface area contributed by atoms with E-state index in [1.807, 2.05) is 37.3 Å². The smallest absolute Gasteiger partial charge is 0.336 e. The first-order valence-electron chi connectivity index (χ1n) is 11.4. The van der Waals surface area contributed by atoms with Crippen molar-refractivity contribution < 1.29 is 23.9 Å². The number of carbonyl (C=O) groups excluding carboxylic acids is 3. The highest BCUT2D eigenvalue weighted by Crippen LogP contribution is 2.13. The van der Waals surface area contributed by atoms with E-state index in [-0.39, 0.29) is 12.5 Å². The Kier molecular flexibility index (Phi) is 9.97. The van der Waals surface area contributed by atoms with Gasteiger partial charge in [-0.15, -0.1) is 0 Å². The van der Waals surface area contributed by atoms with Gasteiger partial charge in [-0.2, -0.15) is 5.10 Å². The average molecular weight is 486 g/mol. The van der Waals surface area contributed by atoms with Crippen LogP contribution in [0.5, 0.6) is 11.5 Å². The van der Waals surface area contributed by atoms with Crippen LogP contribution in [-0.2, 0) is 9.59 Å². The van der Waals surface area contributed by atoms with E-state index in [4.69, 9.17) is 9.47 Å². The fourth-order valence-electron chi connectivity index (χ4n) is 2.90. The minimum Gasteiger partial charge on any atom is -0.494 e. The van der Waals surface area contributed by atoms with Crippen molar-refractivity contribution in [2.24, 2.45) is 5.10 Å². The van der Waals surface area contributed by atoms with Gasteiger partial charge in [0.2, 0.25) is 0 Å². The molecule has 2 N–H and O–H groups in total. The summed E-state index contributed by atoms with van der Waals surface area (Å²) in [6, 6.07) is 22.7. The van der Waals surface area contributed by atoms with Gasteiger partial charge in [0, 0.05) is 11.6 Å². The molecule has 3 rings (SSSR count). The molecule has 0 heterocycles. The first-order valence-corrected chi connectivity index (χ1v) is 11.4. The molecule has 8 heteroatoms. The number of amides is 2. The topological polar surface area (TPSA) is 106 Å². The van der Waals surface area contributed by atoms with Crippen LogP contribution >= 0.6 is 0 Å². The zero-order chi connectivity index (χ0) is 25.6. The molecule has 0 aliphatic rings. The summed E-state index contributed by atoms with van der Waals surface area (Å²) in [4.78, 5) is 36.1. The molecule has 0 radical (unpaired) electrons. The van der Waals surface area contributed by atoms with E-state index in [2.05, 4.69) is 15.8 Å². The second-order valence-corrected chi connectivity index (χ2v) is 7.58. The van der Waals surface area contributed by atoms with Gasteiger partial charge in [-0.1, -0.05) is 37.3 Å². The normalized spacial score (nSPS) is 10.8. The maximum absolute atomic E-state index is 12.2. The van der Waals surface area contributed by atoms with Gasteiger partial charge in [-0.3, -0.25) is 9.59 Å². The van der Waals surface area contributed by atoms with Crippen molar-refractivity contribution in [3.05, 3.63) is 102 Å². The molecule has 0 saturated carbocycles. The van der Waals surface area contributed by atoms with Crippen molar-refractivity contribution in [2.45, 2.75) is 13.3 Å². The van der Waals surface area contributed by atoms with Crippen LogP contribution in [0.1, 0.15) is 34.8 Å². The number of rotatable bonds is 11. The zero-order valence-electron chi connectivity index (χ0n) is 19.8. The molecule has 0 aromatic heterocycles. The summed E-state index contributed by atoms with van der Waals surface area (Å²) in [6.07, 6.45) is 5.37. The lowest BCUT2D eigenvalue weighted by atomic mass is 10.2. The van der Waals surface area contributed by atoms with Gasteiger partial charge >= 0.3 is 5.97 Å². The van der Waals surface area contributed by atoms with Crippen LogP contribution in [0, 0.1) is 0 Å². The SMILES string of the molecule is CCCOc1ccc(C(=O)NCC(=O)N/N=C\c2ccc(OC(=O)/C=C/c3ccccc3)cc2)cc1. The number of hydrogen-bond acceptors (Lipinski definition) is 6. The summed E-state index contributed by atoms with van der Waals surface area (Å²) in [7, 11) is 0. The van der Waals surface area contributed by atoms with Gasteiger partial charge in [0.05, 0.1) is 19.4 Å². The molecule has 0 spiro atoms. The molecular weight excluding hydrogens is 458 g/mol. The van der Waals surface area contributed by atoms with Gasteiger partial charge in [-0.05, 0) is 72.2 Å². The Balaban J connectivity index is 1.39. The molecular formula is C28H27N3O5. The Bertz CT molecular complexity index is 1200. The van der Waals surface area contributed by atoms with E-state index in [0.29, 0.717) is 29.2 Å². The Morgan fingerprint density at radius 1 is 0.861 bits per heavy atom. The highest BCUT2D eigenvalue weighted by Gasteiger charge is 2.08. The summed E-state index contributed by atoms with van der Waals surface area (Å²) >= 11 is 0. The summed E-state index contributed by atoms with van der Waals surface area (Å²) in [5.41, 5.74) is 4.36. The number of hydrogen-bond donors (Lipinski definition) is 2. The summed E-state index contributed by atoms with van der Waals surface area (Å²) < 4.78 is 10.7. The molecule has 3 aromatic rings. The number of carbonyl (C=O) groups is 3. The predicted octanol–water partition coefficient (Wildman–Crippen LogP) is 3.97. The molecule has 0 atom stereocenters. The number of nitrogens with one attached hydrogen (secondary N) is 2. The molecule has 0 fully saturated rings. The van der Waals surface area contributed by atoms with Gasteiger partial charge in [-0.25, -0.2) is 10.2 Å². The Labute approximate surface area is 209 Å². The monoisotopic (exact) mass is 485 g/mol. The molecule has 0 saturated heterocycles. The van der Waals surface area contributed by atoms with Gasteiger partial charge in [0.1, 0.15) is 11.5 Å². The van der Waals surface area contributed by atoms with Gasteiger partial charge in [0.25, 0.3) is 11.8 Å². The minimum atomic E-state index is -0.490. The first kappa shape index (κ1) is 25.9. The Morgan fingerprint density at radius 2 is 1.56 bits per heavy atom. The van der Waals surface area contributed by atoms with Crippen LogP contribution in [0.2, 0.25) is 0 Å². The predicted molar refractivity (Wildman–Crippen MR) is 138 cm³/mol. The van der Waals surface area contributed by atoms with Crippen LogP contribution in [0.25, 0.3) is 6.08 Å². The fraction of sp³-hybridized carbons (Fsp3) is 0.143. The molecule has 184 valence electrons. The number of ether oxygens (including phenoxy) is 2. The van der Waals surface area contributed by atoms with Crippen molar-refractivity contribution in [3.63, 3.8) is 0 Å². The summed E-state index contributed by atoms with van der Waals surface area (Å²) in [6.45, 7) is 2.39. The highest BCUT2D eigenvalue weighted by atomic mass is 16.5. The van der Waals surface area contributed by atoms with E-state index in [0.717, 1.165) is 12.0 Å². The lowest BCUT2D eigenvalue weighted by Crippen LogP contribution is -2.34. The van der Waals surface area contributed by atoms with Crippen molar-refractivity contribution >= 4 is 30.1 Å². The summed E-state index contributed by atoms with van der Waals surface area (Å²) in [5, 5.41) is 6.41.